The Kier molecular flexibility index (Phi) is 6.76. The van der Waals surface area contributed by atoms with Crippen LogP contribution in [0.4, 0.5) is 0 Å². The van der Waals surface area contributed by atoms with Gasteiger partial charge in [0.15, 0.2) is 0 Å². The molecule has 0 aromatic carbocycles. The number of ether oxygens (including phenoxy) is 2. The SMILES string of the molecule is OC[C@H]1OC([Se]C2O[C@H](CO)[C@@H](O)[C@H](O)[C@H]2O)[C@H](O)[C@@H](O)[C@@H]1O. The van der Waals surface area contributed by atoms with Gasteiger partial charge in [-0.05, 0) is 0 Å². The molecule has 136 valence electrons. The van der Waals surface area contributed by atoms with Gasteiger partial charge in [0, 0.05) is 0 Å². The molecule has 0 radical (unpaired) electrons. The Labute approximate surface area is 138 Å². The van der Waals surface area contributed by atoms with Crippen LogP contribution in [0.5, 0.6) is 0 Å². The van der Waals surface area contributed by atoms with Crippen LogP contribution in [0.15, 0.2) is 0 Å². The zero-order chi connectivity index (χ0) is 17.3. The van der Waals surface area contributed by atoms with Crippen LogP contribution >= 0.6 is 0 Å². The fourth-order valence-electron chi connectivity index (χ4n) is 2.49. The van der Waals surface area contributed by atoms with E-state index in [4.69, 9.17) is 19.7 Å². The van der Waals surface area contributed by atoms with E-state index in [0.29, 0.717) is 0 Å². The first-order valence-corrected chi connectivity index (χ1v) is 9.06. The first-order chi connectivity index (χ1) is 10.8. The zero-order valence-electron chi connectivity index (χ0n) is 12.0. The normalized spacial score (nSPS) is 51.7. The fourth-order valence-corrected chi connectivity index (χ4v) is 5.27. The van der Waals surface area contributed by atoms with Gasteiger partial charge in [-0.15, -0.1) is 0 Å². The minimum atomic E-state index is -1.54. The van der Waals surface area contributed by atoms with Gasteiger partial charge in [-0.3, -0.25) is 0 Å². The van der Waals surface area contributed by atoms with Crippen LogP contribution in [0.25, 0.3) is 0 Å². The number of aliphatic hydroxyl groups is 8. The fraction of sp³-hybridized carbons (Fsp3) is 1.00. The predicted molar refractivity (Wildman–Crippen MR) is 73.3 cm³/mol. The van der Waals surface area contributed by atoms with Crippen LogP contribution in [0, 0.1) is 0 Å². The quantitative estimate of drug-likeness (QED) is 0.210. The molecule has 0 bridgehead atoms. The molecule has 0 saturated carbocycles. The monoisotopic (exact) mass is 406 g/mol. The molecular formula is C12H22O10Se. The first-order valence-electron chi connectivity index (χ1n) is 7.08. The molecule has 10 nitrogen and oxygen atoms in total. The Morgan fingerprint density at radius 3 is 1.22 bits per heavy atom. The summed E-state index contributed by atoms with van der Waals surface area (Å²) >= 11 is -0.859. The molecule has 11 heteroatoms. The van der Waals surface area contributed by atoms with E-state index in [-0.39, 0.29) is 0 Å². The number of aliphatic hydroxyl groups excluding tert-OH is 8. The molecule has 2 heterocycles. The van der Waals surface area contributed by atoms with Crippen molar-refractivity contribution in [2.45, 2.75) is 58.8 Å². The van der Waals surface area contributed by atoms with E-state index in [0.717, 1.165) is 0 Å². The van der Waals surface area contributed by atoms with Gasteiger partial charge in [0.05, 0.1) is 0 Å². The number of rotatable bonds is 4. The molecule has 2 rings (SSSR count). The Morgan fingerprint density at radius 2 is 0.913 bits per heavy atom. The summed E-state index contributed by atoms with van der Waals surface area (Å²) in [4.78, 5) is 0. The Bertz CT molecular complexity index is 349. The van der Waals surface area contributed by atoms with E-state index >= 15 is 0 Å². The van der Waals surface area contributed by atoms with Crippen LogP contribution in [0.3, 0.4) is 0 Å². The summed E-state index contributed by atoms with van der Waals surface area (Å²) in [5, 5.41) is 75.1. The molecule has 0 aromatic rings. The van der Waals surface area contributed by atoms with Gasteiger partial charge in [-0.25, -0.2) is 0 Å². The van der Waals surface area contributed by atoms with Crippen LogP contribution in [-0.2, 0) is 9.47 Å². The molecule has 2 saturated heterocycles. The molecule has 2 aliphatic rings. The maximum atomic E-state index is 9.98. The van der Waals surface area contributed by atoms with Crippen molar-refractivity contribution in [3.05, 3.63) is 0 Å². The molecule has 2 fully saturated rings. The standard InChI is InChI=1S/C12H22O10Se/c13-1-3-5(15)7(17)9(19)11(21-3)23-12-10(20)8(18)6(16)4(2-14)22-12/h3-20H,1-2H2/t3-,4-,5-,6-,7+,8+,9-,10-,11?,12?/m1/s1. The topological polar surface area (TPSA) is 180 Å². The Morgan fingerprint density at radius 1 is 0.565 bits per heavy atom. The molecule has 0 spiro atoms. The minimum absolute atomic E-state index is 0.577. The molecule has 2 unspecified atom stereocenters. The summed E-state index contributed by atoms with van der Waals surface area (Å²) in [6.07, 6.45) is -11.2. The molecule has 0 aliphatic carbocycles. The second-order valence-electron chi connectivity index (χ2n) is 5.53. The number of hydrogen-bond acceptors (Lipinski definition) is 10. The molecule has 10 atom stereocenters. The van der Waals surface area contributed by atoms with Crippen molar-refractivity contribution in [1.82, 2.24) is 0 Å². The predicted octanol–water partition coefficient (Wildman–Crippen LogP) is -5.71. The second-order valence-corrected chi connectivity index (χ2v) is 8.05. The summed E-state index contributed by atoms with van der Waals surface area (Å²) in [5.74, 6) is 0. The summed E-state index contributed by atoms with van der Waals surface area (Å²) in [6.45, 7) is -1.15. The van der Waals surface area contributed by atoms with Crippen molar-refractivity contribution in [2.75, 3.05) is 13.2 Å². The van der Waals surface area contributed by atoms with Crippen LogP contribution < -0.4 is 0 Å². The van der Waals surface area contributed by atoms with Crippen molar-refractivity contribution in [2.24, 2.45) is 0 Å². The molecular weight excluding hydrogens is 383 g/mol. The number of hydrogen-bond donors (Lipinski definition) is 8. The van der Waals surface area contributed by atoms with Crippen LogP contribution in [0.1, 0.15) is 0 Å². The van der Waals surface area contributed by atoms with Crippen molar-refractivity contribution < 1.29 is 50.3 Å². The Balaban J connectivity index is 2.07. The van der Waals surface area contributed by atoms with Crippen molar-refractivity contribution in [3.63, 3.8) is 0 Å². The van der Waals surface area contributed by atoms with Crippen molar-refractivity contribution >= 4 is 15.0 Å². The maximum absolute atomic E-state index is 9.98. The molecule has 0 aromatic heterocycles. The van der Waals surface area contributed by atoms with E-state index in [9.17, 15) is 30.6 Å². The van der Waals surface area contributed by atoms with E-state index < -0.39 is 87.0 Å². The summed E-state index contributed by atoms with van der Waals surface area (Å²) in [7, 11) is 0. The molecule has 2 aliphatic heterocycles. The van der Waals surface area contributed by atoms with Crippen molar-refractivity contribution in [1.29, 1.82) is 0 Å². The van der Waals surface area contributed by atoms with E-state index in [1.807, 2.05) is 0 Å². The van der Waals surface area contributed by atoms with Crippen LogP contribution in [0.2, 0.25) is 0 Å². The summed E-state index contributed by atoms with van der Waals surface area (Å²) in [5.41, 5.74) is 0. The molecule has 0 amide bonds. The van der Waals surface area contributed by atoms with E-state index in [2.05, 4.69) is 0 Å². The average Bonchev–Trinajstić information content (AvgIpc) is 2.55. The molecule has 23 heavy (non-hydrogen) atoms. The second kappa shape index (κ2) is 8.00. The Hall–Kier alpha value is 0.119. The third-order valence-corrected chi connectivity index (χ3v) is 6.73. The van der Waals surface area contributed by atoms with Gasteiger partial charge in [0.25, 0.3) is 0 Å². The summed E-state index contributed by atoms with van der Waals surface area (Å²) < 4.78 is 10.7. The first kappa shape index (κ1) is 19.4. The van der Waals surface area contributed by atoms with Gasteiger partial charge in [-0.2, -0.15) is 0 Å². The van der Waals surface area contributed by atoms with Gasteiger partial charge >= 0.3 is 137 Å². The van der Waals surface area contributed by atoms with Gasteiger partial charge in [0.1, 0.15) is 0 Å². The van der Waals surface area contributed by atoms with Gasteiger partial charge < -0.3 is 0 Å². The third kappa shape index (κ3) is 3.87. The average molecular weight is 405 g/mol. The van der Waals surface area contributed by atoms with Gasteiger partial charge in [0.2, 0.25) is 0 Å². The summed E-state index contributed by atoms with van der Waals surface area (Å²) in [6, 6.07) is 0. The zero-order valence-corrected chi connectivity index (χ0v) is 13.7. The van der Waals surface area contributed by atoms with E-state index in [1.54, 1.807) is 0 Å². The van der Waals surface area contributed by atoms with Crippen LogP contribution in [-0.4, -0.2) is 128 Å². The van der Waals surface area contributed by atoms with Crippen molar-refractivity contribution in [3.8, 4) is 0 Å². The third-order valence-electron chi connectivity index (χ3n) is 3.97. The van der Waals surface area contributed by atoms with Gasteiger partial charge in [-0.1, -0.05) is 0 Å². The molecule has 8 N–H and O–H groups in total. The van der Waals surface area contributed by atoms with E-state index in [1.165, 1.54) is 0 Å².